The van der Waals surface area contributed by atoms with Crippen LogP contribution in [-0.4, -0.2) is 16.3 Å². The zero-order valence-electron chi connectivity index (χ0n) is 12.2. The van der Waals surface area contributed by atoms with Crippen LogP contribution in [0.4, 0.5) is 5.13 Å². The molecule has 0 fully saturated rings. The van der Waals surface area contributed by atoms with Crippen molar-refractivity contribution in [2.45, 2.75) is 6.92 Å². The van der Waals surface area contributed by atoms with E-state index in [0.717, 1.165) is 20.9 Å². The first-order chi connectivity index (χ1) is 11.1. The number of rotatable bonds is 3. The number of aryl methyl sites for hydroxylation is 1. The average molecular weight is 361 g/mol. The molecule has 23 heavy (non-hydrogen) atoms. The molecule has 4 nitrogen and oxygen atoms in total. The van der Waals surface area contributed by atoms with Gasteiger partial charge in [-0.1, -0.05) is 47.2 Å². The van der Waals surface area contributed by atoms with E-state index in [1.165, 1.54) is 5.56 Å². The van der Waals surface area contributed by atoms with Gasteiger partial charge in [0, 0.05) is 10.6 Å². The van der Waals surface area contributed by atoms with Gasteiger partial charge in [-0.25, -0.2) is 4.98 Å². The van der Waals surface area contributed by atoms with Gasteiger partial charge in [0.15, 0.2) is 10.2 Å². The smallest absolute Gasteiger partial charge is 0.193 e. The molecule has 3 aromatic rings. The number of fused-ring (bicyclic) bond motifs is 1. The summed E-state index contributed by atoms with van der Waals surface area (Å²) in [4.78, 5) is 4.48. The molecule has 0 unspecified atom stereocenters. The number of nitrogens with one attached hydrogen (secondary N) is 2. The molecule has 1 aromatic heterocycles. The number of anilines is 1. The van der Waals surface area contributed by atoms with Crippen molar-refractivity contribution in [1.29, 1.82) is 0 Å². The number of thiocarbonyl (C=S) groups is 1. The van der Waals surface area contributed by atoms with Crippen LogP contribution < -0.4 is 10.7 Å². The van der Waals surface area contributed by atoms with E-state index in [-0.39, 0.29) is 0 Å². The van der Waals surface area contributed by atoms with Crippen LogP contribution in [0.1, 0.15) is 11.1 Å². The maximum absolute atomic E-state index is 6.05. The van der Waals surface area contributed by atoms with Gasteiger partial charge in [0.05, 0.1) is 16.4 Å². The van der Waals surface area contributed by atoms with Crippen molar-refractivity contribution in [2.24, 2.45) is 5.10 Å². The molecule has 0 aliphatic carbocycles. The fourth-order valence-electron chi connectivity index (χ4n) is 1.95. The van der Waals surface area contributed by atoms with Crippen LogP contribution in [0.15, 0.2) is 47.6 Å². The lowest BCUT2D eigenvalue weighted by molar-refractivity contribution is 1.05. The Labute approximate surface area is 148 Å². The normalized spacial score (nSPS) is 11.0. The van der Waals surface area contributed by atoms with Crippen molar-refractivity contribution < 1.29 is 0 Å². The molecule has 0 spiro atoms. The number of hydrogen-bond donors (Lipinski definition) is 2. The predicted octanol–water partition coefficient (Wildman–Crippen LogP) is 4.58. The molecule has 0 aliphatic heterocycles. The summed E-state index contributed by atoms with van der Waals surface area (Å²) in [5.74, 6) is 0. The largest absolute Gasteiger partial charge is 0.307 e. The maximum atomic E-state index is 6.05. The second kappa shape index (κ2) is 7.04. The van der Waals surface area contributed by atoms with Crippen LogP contribution in [0.5, 0.6) is 0 Å². The van der Waals surface area contributed by atoms with Crippen molar-refractivity contribution in [1.82, 2.24) is 10.4 Å². The topological polar surface area (TPSA) is 49.3 Å². The molecule has 1 heterocycles. The molecule has 7 heteroatoms. The summed E-state index contributed by atoms with van der Waals surface area (Å²) in [6, 6.07) is 13.6. The lowest BCUT2D eigenvalue weighted by Gasteiger charge is -2.03. The highest BCUT2D eigenvalue weighted by Crippen LogP contribution is 2.26. The van der Waals surface area contributed by atoms with E-state index in [4.69, 9.17) is 23.8 Å². The van der Waals surface area contributed by atoms with Gasteiger partial charge in [-0.15, -0.1) is 0 Å². The van der Waals surface area contributed by atoms with Gasteiger partial charge in [-0.3, -0.25) is 5.43 Å². The number of aromatic nitrogens is 1. The second-order valence-electron chi connectivity index (χ2n) is 4.84. The van der Waals surface area contributed by atoms with Crippen LogP contribution in [0.2, 0.25) is 5.02 Å². The van der Waals surface area contributed by atoms with Crippen molar-refractivity contribution in [3.05, 3.63) is 58.6 Å². The van der Waals surface area contributed by atoms with Crippen LogP contribution in [-0.2, 0) is 0 Å². The Morgan fingerprint density at radius 1 is 1.30 bits per heavy atom. The fraction of sp³-hybridized carbons (Fsp3) is 0.0625. The molecule has 116 valence electrons. The summed E-state index contributed by atoms with van der Waals surface area (Å²) in [6.45, 7) is 2.06. The molecule has 0 aliphatic rings. The van der Waals surface area contributed by atoms with Gasteiger partial charge in [0.2, 0.25) is 0 Å². The Balaban J connectivity index is 1.63. The minimum Gasteiger partial charge on any atom is -0.307 e. The number of benzene rings is 2. The number of hydrogen-bond acceptors (Lipinski definition) is 4. The Hall–Kier alpha value is -2.02. The molecule has 0 atom stereocenters. The maximum Gasteiger partial charge on any atom is 0.193 e. The highest BCUT2D eigenvalue weighted by atomic mass is 35.5. The number of halogens is 1. The molecule has 0 radical (unpaired) electrons. The minimum atomic E-state index is 0.379. The molecular formula is C16H13ClN4S2. The monoisotopic (exact) mass is 360 g/mol. The first kappa shape index (κ1) is 15.9. The Morgan fingerprint density at radius 3 is 2.96 bits per heavy atom. The molecular weight excluding hydrogens is 348 g/mol. The molecule has 0 amide bonds. The van der Waals surface area contributed by atoms with Crippen molar-refractivity contribution in [3.63, 3.8) is 0 Å². The van der Waals surface area contributed by atoms with E-state index >= 15 is 0 Å². The Morgan fingerprint density at radius 2 is 2.13 bits per heavy atom. The SMILES string of the molecule is Cc1ccc2nc(NC(=S)N/N=C/c3ccccc3Cl)sc2c1. The van der Waals surface area contributed by atoms with Gasteiger partial charge in [-0.05, 0) is 42.9 Å². The van der Waals surface area contributed by atoms with Gasteiger partial charge < -0.3 is 5.32 Å². The fourth-order valence-corrected chi connectivity index (χ4v) is 3.32. The molecule has 0 saturated carbocycles. The summed E-state index contributed by atoms with van der Waals surface area (Å²) in [7, 11) is 0. The zero-order chi connectivity index (χ0) is 16.2. The molecule has 2 aromatic carbocycles. The number of nitrogens with zero attached hydrogens (tertiary/aromatic N) is 2. The highest BCUT2D eigenvalue weighted by molar-refractivity contribution is 7.80. The van der Waals surface area contributed by atoms with Crippen molar-refractivity contribution in [2.75, 3.05) is 5.32 Å². The standard InChI is InChI=1S/C16H13ClN4S2/c1-10-6-7-13-14(8-10)23-16(19-13)20-15(22)21-18-9-11-4-2-3-5-12(11)17/h2-9H,1H3,(H2,19,20,21,22)/b18-9+. The molecule has 2 N–H and O–H groups in total. The lowest BCUT2D eigenvalue weighted by atomic mass is 10.2. The predicted molar refractivity (Wildman–Crippen MR) is 103 cm³/mol. The lowest BCUT2D eigenvalue weighted by Crippen LogP contribution is -2.23. The highest BCUT2D eigenvalue weighted by Gasteiger charge is 2.05. The van der Waals surface area contributed by atoms with Gasteiger partial charge >= 0.3 is 0 Å². The molecule has 0 saturated heterocycles. The van der Waals surface area contributed by atoms with Crippen LogP contribution >= 0.6 is 35.2 Å². The summed E-state index contributed by atoms with van der Waals surface area (Å²) >= 11 is 12.8. The van der Waals surface area contributed by atoms with E-state index in [0.29, 0.717) is 10.1 Å². The molecule has 0 bridgehead atoms. The van der Waals surface area contributed by atoms with Crippen LogP contribution in [0, 0.1) is 6.92 Å². The Bertz CT molecular complexity index is 889. The van der Waals surface area contributed by atoms with Gasteiger partial charge in [0.1, 0.15) is 0 Å². The first-order valence-electron chi connectivity index (χ1n) is 6.83. The summed E-state index contributed by atoms with van der Waals surface area (Å²) in [5.41, 5.74) is 5.74. The van der Waals surface area contributed by atoms with Crippen LogP contribution in [0.25, 0.3) is 10.2 Å². The van der Waals surface area contributed by atoms with E-state index in [1.807, 2.05) is 36.4 Å². The number of hydrazone groups is 1. The number of thiazole rings is 1. The van der Waals surface area contributed by atoms with Gasteiger partial charge in [-0.2, -0.15) is 5.10 Å². The molecule has 3 rings (SSSR count). The third-order valence-electron chi connectivity index (χ3n) is 3.04. The third kappa shape index (κ3) is 4.04. The van der Waals surface area contributed by atoms with E-state index in [2.05, 4.69) is 33.8 Å². The van der Waals surface area contributed by atoms with Gasteiger partial charge in [0.25, 0.3) is 0 Å². The quantitative estimate of drug-likeness (QED) is 0.408. The van der Waals surface area contributed by atoms with E-state index in [9.17, 15) is 0 Å². The minimum absolute atomic E-state index is 0.379. The van der Waals surface area contributed by atoms with Crippen molar-refractivity contribution >= 4 is 61.8 Å². The van der Waals surface area contributed by atoms with E-state index in [1.54, 1.807) is 17.6 Å². The summed E-state index contributed by atoms with van der Waals surface area (Å²) in [6.07, 6.45) is 1.62. The zero-order valence-corrected chi connectivity index (χ0v) is 14.6. The third-order valence-corrected chi connectivity index (χ3v) is 4.51. The second-order valence-corrected chi connectivity index (χ2v) is 6.68. The van der Waals surface area contributed by atoms with E-state index < -0.39 is 0 Å². The van der Waals surface area contributed by atoms with Crippen molar-refractivity contribution in [3.8, 4) is 0 Å². The van der Waals surface area contributed by atoms with Crippen LogP contribution in [0.3, 0.4) is 0 Å². The Kier molecular flexibility index (Phi) is 4.85. The summed E-state index contributed by atoms with van der Waals surface area (Å²) < 4.78 is 1.12. The summed E-state index contributed by atoms with van der Waals surface area (Å²) in [5, 5.41) is 8.86. The first-order valence-corrected chi connectivity index (χ1v) is 8.44. The average Bonchev–Trinajstić information content (AvgIpc) is 2.90.